The van der Waals surface area contributed by atoms with Crippen molar-refractivity contribution in [3.8, 4) is 0 Å². The van der Waals surface area contributed by atoms with Crippen LogP contribution in [0.3, 0.4) is 0 Å². The molecule has 6 atom stereocenters. The molecule has 0 aromatic heterocycles. The molecule has 0 amide bonds. The van der Waals surface area contributed by atoms with Gasteiger partial charge >= 0.3 is 17.9 Å². The summed E-state index contributed by atoms with van der Waals surface area (Å²) < 4.78 is 28.8. The maximum Gasteiger partial charge on any atom is 0.338 e. The molecule has 10 nitrogen and oxygen atoms in total. The molecule has 3 aromatic rings. The molecule has 1 saturated heterocycles. The van der Waals surface area contributed by atoms with Crippen molar-refractivity contribution in [2.75, 3.05) is 6.61 Å². The molecule has 4 rings (SSSR count). The predicted molar refractivity (Wildman–Crippen MR) is 149 cm³/mol. The van der Waals surface area contributed by atoms with Gasteiger partial charge in [0.25, 0.3) is 0 Å². The van der Waals surface area contributed by atoms with Gasteiger partial charge in [-0.1, -0.05) is 66.7 Å². The molecule has 2 N–H and O–H groups in total. The second-order valence-electron chi connectivity index (χ2n) is 9.87. The average Bonchev–Trinajstić information content (AvgIpc) is 3.01. The number of benzene rings is 3. The van der Waals surface area contributed by atoms with Gasteiger partial charge in [-0.2, -0.15) is 0 Å². The van der Waals surface area contributed by atoms with Crippen molar-refractivity contribution in [1.82, 2.24) is 0 Å². The number of aliphatic hydroxyl groups excluding tert-OH is 2. The summed E-state index contributed by atoms with van der Waals surface area (Å²) in [6.07, 6.45) is -7.54. The Kier molecular flexibility index (Phi) is 11.2. The fourth-order valence-corrected chi connectivity index (χ4v) is 4.37. The van der Waals surface area contributed by atoms with Crippen LogP contribution in [0.1, 0.15) is 46.0 Å². The second-order valence-corrected chi connectivity index (χ2v) is 9.87. The molecule has 0 spiro atoms. The molecule has 4 unspecified atom stereocenters. The van der Waals surface area contributed by atoms with E-state index in [9.17, 15) is 24.6 Å². The molecule has 0 radical (unpaired) electrons. The van der Waals surface area contributed by atoms with Gasteiger partial charge in [-0.05, 0) is 43.2 Å². The normalized spacial score (nSPS) is 22.5. The van der Waals surface area contributed by atoms with Crippen molar-refractivity contribution in [1.29, 1.82) is 0 Å². The number of carbonyl (C=O) groups is 3. The minimum Gasteiger partial charge on any atom is -0.459 e. The lowest BCUT2D eigenvalue weighted by molar-refractivity contribution is -0.300. The first-order valence-corrected chi connectivity index (χ1v) is 13.7. The van der Waals surface area contributed by atoms with Crippen LogP contribution in [0.25, 0.3) is 0 Å². The molecule has 42 heavy (non-hydrogen) atoms. The third-order valence-corrected chi connectivity index (χ3v) is 6.57. The Labute approximate surface area is 243 Å². The third kappa shape index (κ3) is 8.70. The van der Waals surface area contributed by atoms with E-state index in [1.54, 1.807) is 67.6 Å². The van der Waals surface area contributed by atoms with Crippen LogP contribution >= 0.6 is 0 Å². The number of aliphatic hydroxyl groups is 2. The zero-order chi connectivity index (χ0) is 29.9. The number of hydrogen-bond donors (Lipinski definition) is 2. The molecule has 1 aliphatic heterocycles. The predicted octanol–water partition coefficient (Wildman–Crippen LogP) is 3.44. The lowest BCUT2D eigenvalue weighted by Crippen LogP contribution is -2.62. The smallest absolute Gasteiger partial charge is 0.338 e. The largest absolute Gasteiger partial charge is 0.459 e. The summed E-state index contributed by atoms with van der Waals surface area (Å²) in [7, 11) is 0. The molecule has 1 fully saturated rings. The van der Waals surface area contributed by atoms with E-state index in [1.165, 1.54) is 0 Å². The first-order chi connectivity index (χ1) is 20.3. The molecule has 0 aliphatic carbocycles. The van der Waals surface area contributed by atoms with Crippen molar-refractivity contribution in [3.63, 3.8) is 0 Å². The topological polar surface area (TPSA) is 138 Å². The van der Waals surface area contributed by atoms with Gasteiger partial charge in [0.2, 0.25) is 0 Å². The van der Waals surface area contributed by atoms with E-state index in [0.29, 0.717) is 0 Å². The molecular weight excluding hydrogens is 544 g/mol. The highest BCUT2D eigenvalue weighted by atomic mass is 16.7. The van der Waals surface area contributed by atoms with Gasteiger partial charge < -0.3 is 33.9 Å². The summed E-state index contributed by atoms with van der Waals surface area (Å²) in [5, 5.41) is 20.7. The van der Waals surface area contributed by atoms with Gasteiger partial charge in [0.05, 0.1) is 23.8 Å². The number of hydrogen-bond acceptors (Lipinski definition) is 10. The molecule has 222 valence electrons. The van der Waals surface area contributed by atoms with Gasteiger partial charge in [0.1, 0.15) is 18.8 Å². The van der Waals surface area contributed by atoms with Crippen molar-refractivity contribution >= 4 is 17.9 Å². The molecular formula is C32H34O10. The summed E-state index contributed by atoms with van der Waals surface area (Å²) in [5.41, 5.74) is 1.29. The van der Waals surface area contributed by atoms with Gasteiger partial charge in [0.15, 0.2) is 18.5 Å². The average molecular weight is 579 g/mol. The van der Waals surface area contributed by atoms with Crippen LogP contribution < -0.4 is 0 Å². The monoisotopic (exact) mass is 578 g/mol. The van der Waals surface area contributed by atoms with Gasteiger partial charge in [-0.15, -0.1) is 0 Å². The summed E-state index contributed by atoms with van der Waals surface area (Å²) in [4.78, 5) is 38.7. The Balaban J connectivity index is 1.61. The first kappa shape index (κ1) is 30.9. The highest BCUT2D eigenvalue weighted by Gasteiger charge is 2.51. The van der Waals surface area contributed by atoms with Gasteiger partial charge in [-0.3, -0.25) is 4.79 Å². The maximum absolute atomic E-state index is 13.2. The first-order valence-electron chi connectivity index (χ1n) is 13.7. The minimum atomic E-state index is -1.63. The Hall–Kier alpha value is -4.09. The Bertz CT molecular complexity index is 1280. The highest BCUT2D eigenvalue weighted by Crippen LogP contribution is 2.30. The summed E-state index contributed by atoms with van der Waals surface area (Å²) in [5.74, 6) is -2.11. The van der Waals surface area contributed by atoms with Crippen molar-refractivity contribution in [2.45, 2.75) is 63.2 Å². The number of rotatable bonds is 12. The lowest BCUT2D eigenvalue weighted by Gasteiger charge is -2.43. The Morgan fingerprint density at radius 3 is 1.95 bits per heavy atom. The van der Waals surface area contributed by atoms with Crippen molar-refractivity contribution in [3.05, 3.63) is 108 Å². The van der Waals surface area contributed by atoms with Crippen LogP contribution in [0.15, 0.2) is 91.0 Å². The van der Waals surface area contributed by atoms with Crippen LogP contribution in [0.2, 0.25) is 0 Å². The fourth-order valence-electron chi connectivity index (χ4n) is 4.37. The van der Waals surface area contributed by atoms with Crippen molar-refractivity contribution in [2.24, 2.45) is 0 Å². The van der Waals surface area contributed by atoms with Crippen molar-refractivity contribution < 1.29 is 48.3 Å². The molecule has 0 saturated carbocycles. The van der Waals surface area contributed by atoms with E-state index < -0.39 is 61.3 Å². The van der Waals surface area contributed by atoms with Gasteiger partial charge in [-0.25, -0.2) is 9.59 Å². The van der Waals surface area contributed by atoms with E-state index in [-0.39, 0.29) is 30.6 Å². The quantitative estimate of drug-likeness (QED) is 0.243. The van der Waals surface area contributed by atoms with E-state index >= 15 is 0 Å². The minimum absolute atomic E-state index is 0.0284. The van der Waals surface area contributed by atoms with E-state index in [2.05, 4.69) is 0 Å². The maximum atomic E-state index is 13.2. The molecule has 3 aromatic carbocycles. The molecule has 1 aliphatic rings. The van der Waals surface area contributed by atoms with Crippen LogP contribution in [0.4, 0.5) is 0 Å². The van der Waals surface area contributed by atoms with E-state index in [0.717, 1.165) is 5.56 Å². The summed E-state index contributed by atoms with van der Waals surface area (Å²) in [6, 6.07) is 25.6. The second kappa shape index (κ2) is 15.2. The van der Waals surface area contributed by atoms with E-state index in [1.807, 2.05) is 30.3 Å². The zero-order valence-electron chi connectivity index (χ0n) is 23.1. The number of ether oxygens (including phenoxy) is 5. The lowest BCUT2D eigenvalue weighted by atomic mass is 9.98. The van der Waals surface area contributed by atoms with E-state index in [4.69, 9.17) is 23.7 Å². The standard InChI is InChI=1S/C32H34O10/c1-21(33)17-18-26(34)41-28-27(42-31(36)24-15-9-4-10-16-24)25(20-39-30(35)23-13-7-3-8-14-23)40-32(37)29(28)38-19-22-11-5-2-6-12-22/h2-16,21,25,27-29,32-33,37H,17-20H2,1H3/t21?,25?,27-,28?,29?,32+/m0/s1. The Morgan fingerprint density at radius 1 is 0.786 bits per heavy atom. The molecule has 0 bridgehead atoms. The third-order valence-electron chi connectivity index (χ3n) is 6.57. The van der Waals surface area contributed by atoms with Crippen LogP contribution in [0.5, 0.6) is 0 Å². The number of carbonyl (C=O) groups excluding carboxylic acids is 3. The van der Waals surface area contributed by atoms with Gasteiger partial charge in [0, 0.05) is 6.42 Å². The Morgan fingerprint density at radius 2 is 1.36 bits per heavy atom. The van der Waals surface area contributed by atoms with Crippen LogP contribution in [0, 0.1) is 0 Å². The highest BCUT2D eigenvalue weighted by molar-refractivity contribution is 5.90. The summed E-state index contributed by atoms with van der Waals surface area (Å²) >= 11 is 0. The zero-order valence-corrected chi connectivity index (χ0v) is 23.1. The van der Waals surface area contributed by atoms with Crippen LogP contribution in [-0.2, 0) is 35.1 Å². The number of esters is 3. The SMILES string of the molecule is CC(O)CCC(=O)OC1C(OCc2ccccc2)[C@H](O)OC(COC(=O)c2ccccc2)[C@@H]1OC(=O)c1ccccc1. The molecule has 1 heterocycles. The summed E-state index contributed by atoms with van der Waals surface area (Å²) in [6.45, 7) is 1.14. The molecule has 10 heteroatoms. The fraction of sp³-hybridized carbons (Fsp3) is 0.344. The van der Waals surface area contributed by atoms with Crippen LogP contribution in [-0.4, -0.2) is 71.5 Å².